The average Bonchev–Trinajstić information content (AvgIpc) is 2.50. The molecule has 2 aromatic rings. The zero-order valence-corrected chi connectivity index (χ0v) is 13.3. The van der Waals surface area contributed by atoms with E-state index in [0.717, 1.165) is 31.9 Å². The Morgan fingerprint density at radius 3 is 2.62 bits per heavy atom. The maximum Gasteiger partial charge on any atom is 0.133 e. The molecule has 0 aliphatic rings. The van der Waals surface area contributed by atoms with Crippen LogP contribution in [0.25, 0.3) is 0 Å². The van der Waals surface area contributed by atoms with E-state index in [1.165, 1.54) is 16.7 Å². The second-order valence-corrected chi connectivity index (χ2v) is 5.45. The summed E-state index contributed by atoms with van der Waals surface area (Å²) >= 11 is 0. The molecule has 0 spiro atoms. The molecule has 0 saturated heterocycles. The van der Waals surface area contributed by atoms with E-state index >= 15 is 0 Å². The highest BCUT2D eigenvalue weighted by atomic mass is 15.2. The molecule has 3 heteroatoms. The van der Waals surface area contributed by atoms with Crippen molar-refractivity contribution in [3.05, 3.63) is 59.3 Å². The predicted molar refractivity (Wildman–Crippen MR) is 89.5 cm³/mol. The molecule has 0 atom stereocenters. The summed E-state index contributed by atoms with van der Waals surface area (Å²) in [5.41, 5.74) is 3.92. The summed E-state index contributed by atoms with van der Waals surface area (Å²) in [4.78, 5) is 6.80. The van der Waals surface area contributed by atoms with Crippen LogP contribution in [0.5, 0.6) is 0 Å². The highest BCUT2D eigenvalue weighted by Crippen LogP contribution is 2.19. The van der Waals surface area contributed by atoms with Crippen LogP contribution in [0.1, 0.15) is 30.0 Å². The maximum atomic E-state index is 4.57. The normalized spacial score (nSPS) is 10.6. The van der Waals surface area contributed by atoms with Crippen molar-refractivity contribution in [2.75, 3.05) is 18.5 Å². The van der Waals surface area contributed by atoms with E-state index in [4.69, 9.17) is 0 Å². The second kappa shape index (κ2) is 7.79. The van der Waals surface area contributed by atoms with Gasteiger partial charge in [-0.25, -0.2) is 4.98 Å². The van der Waals surface area contributed by atoms with E-state index in [1.54, 1.807) is 0 Å². The van der Waals surface area contributed by atoms with Crippen LogP contribution in [0.2, 0.25) is 0 Å². The van der Waals surface area contributed by atoms with Crippen molar-refractivity contribution in [3.8, 4) is 0 Å². The van der Waals surface area contributed by atoms with E-state index in [-0.39, 0.29) is 0 Å². The SMILES string of the molecule is CCCNCc1cccnc1N(C)Cc1ccccc1C. The van der Waals surface area contributed by atoms with Crippen LogP contribution in [0.15, 0.2) is 42.6 Å². The highest BCUT2D eigenvalue weighted by Gasteiger charge is 2.09. The molecule has 112 valence electrons. The van der Waals surface area contributed by atoms with Gasteiger partial charge in [0.15, 0.2) is 0 Å². The number of anilines is 1. The zero-order valence-electron chi connectivity index (χ0n) is 13.3. The Kier molecular flexibility index (Phi) is 5.76. The first-order chi connectivity index (χ1) is 10.2. The van der Waals surface area contributed by atoms with Gasteiger partial charge in [-0.3, -0.25) is 0 Å². The molecule has 21 heavy (non-hydrogen) atoms. The topological polar surface area (TPSA) is 28.2 Å². The Labute approximate surface area is 128 Å². The Hall–Kier alpha value is -1.87. The Morgan fingerprint density at radius 1 is 1.10 bits per heavy atom. The molecule has 1 N–H and O–H groups in total. The van der Waals surface area contributed by atoms with Gasteiger partial charge in [0.05, 0.1) is 0 Å². The molecular weight excluding hydrogens is 258 g/mol. The van der Waals surface area contributed by atoms with Crippen molar-refractivity contribution >= 4 is 5.82 Å². The number of nitrogens with zero attached hydrogens (tertiary/aromatic N) is 2. The van der Waals surface area contributed by atoms with Crippen LogP contribution < -0.4 is 10.2 Å². The van der Waals surface area contributed by atoms with E-state index in [2.05, 4.69) is 66.4 Å². The first kappa shape index (κ1) is 15.5. The number of hydrogen-bond acceptors (Lipinski definition) is 3. The monoisotopic (exact) mass is 283 g/mol. The van der Waals surface area contributed by atoms with E-state index < -0.39 is 0 Å². The fourth-order valence-corrected chi connectivity index (χ4v) is 2.43. The molecule has 0 amide bonds. The fraction of sp³-hybridized carbons (Fsp3) is 0.389. The molecule has 0 unspecified atom stereocenters. The number of hydrogen-bond donors (Lipinski definition) is 1. The van der Waals surface area contributed by atoms with Gasteiger partial charge in [-0.05, 0) is 37.1 Å². The second-order valence-electron chi connectivity index (χ2n) is 5.45. The van der Waals surface area contributed by atoms with Gasteiger partial charge in [-0.15, -0.1) is 0 Å². The summed E-state index contributed by atoms with van der Waals surface area (Å²) in [6.45, 7) is 7.13. The number of nitrogens with one attached hydrogen (secondary N) is 1. The molecule has 1 aromatic heterocycles. The third-order valence-electron chi connectivity index (χ3n) is 3.64. The Balaban J connectivity index is 2.11. The third-order valence-corrected chi connectivity index (χ3v) is 3.64. The van der Waals surface area contributed by atoms with Crippen LogP contribution in [0, 0.1) is 6.92 Å². The molecular formula is C18H25N3. The Morgan fingerprint density at radius 2 is 1.86 bits per heavy atom. The lowest BCUT2D eigenvalue weighted by Gasteiger charge is -2.22. The quantitative estimate of drug-likeness (QED) is 0.788. The van der Waals surface area contributed by atoms with Crippen LogP contribution >= 0.6 is 0 Å². The van der Waals surface area contributed by atoms with Gasteiger partial charge in [-0.2, -0.15) is 0 Å². The third kappa shape index (κ3) is 4.30. The number of benzene rings is 1. The number of aromatic nitrogens is 1. The minimum Gasteiger partial charge on any atom is -0.355 e. The smallest absolute Gasteiger partial charge is 0.133 e. The van der Waals surface area contributed by atoms with Gasteiger partial charge < -0.3 is 10.2 Å². The molecule has 0 saturated carbocycles. The molecule has 0 bridgehead atoms. The summed E-state index contributed by atoms with van der Waals surface area (Å²) < 4.78 is 0. The first-order valence-corrected chi connectivity index (χ1v) is 7.62. The van der Waals surface area contributed by atoms with Gasteiger partial charge in [-0.1, -0.05) is 37.3 Å². The summed E-state index contributed by atoms with van der Waals surface area (Å²) in [5, 5.41) is 3.46. The lowest BCUT2D eigenvalue weighted by atomic mass is 10.1. The van der Waals surface area contributed by atoms with E-state index in [0.29, 0.717) is 0 Å². The van der Waals surface area contributed by atoms with Gasteiger partial charge >= 0.3 is 0 Å². The molecule has 0 aliphatic carbocycles. The van der Waals surface area contributed by atoms with Crippen molar-refractivity contribution in [3.63, 3.8) is 0 Å². The summed E-state index contributed by atoms with van der Waals surface area (Å²) in [6, 6.07) is 12.7. The summed E-state index contributed by atoms with van der Waals surface area (Å²) in [5.74, 6) is 1.06. The number of pyridine rings is 1. The summed E-state index contributed by atoms with van der Waals surface area (Å²) in [6.07, 6.45) is 3.02. The van der Waals surface area contributed by atoms with Crippen LogP contribution in [-0.2, 0) is 13.1 Å². The average molecular weight is 283 g/mol. The van der Waals surface area contributed by atoms with E-state index in [9.17, 15) is 0 Å². The first-order valence-electron chi connectivity index (χ1n) is 7.62. The molecule has 0 fully saturated rings. The minimum absolute atomic E-state index is 0.870. The standard InChI is InChI=1S/C18H25N3/c1-4-11-19-13-16-10-7-12-20-18(16)21(3)14-17-9-6-5-8-15(17)2/h5-10,12,19H,4,11,13-14H2,1-3H3. The summed E-state index contributed by atoms with van der Waals surface area (Å²) in [7, 11) is 2.11. The molecule has 3 nitrogen and oxygen atoms in total. The highest BCUT2D eigenvalue weighted by molar-refractivity contribution is 5.47. The molecule has 2 rings (SSSR count). The fourth-order valence-electron chi connectivity index (χ4n) is 2.43. The number of rotatable bonds is 7. The minimum atomic E-state index is 0.870. The van der Waals surface area contributed by atoms with Crippen molar-refractivity contribution < 1.29 is 0 Å². The van der Waals surface area contributed by atoms with Gasteiger partial charge in [0.1, 0.15) is 5.82 Å². The van der Waals surface area contributed by atoms with Crippen LogP contribution in [0.3, 0.4) is 0 Å². The zero-order chi connectivity index (χ0) is 15.1. The Bertz CT molecular complexity index is 566. The van der Waals surface area contributed by atoms with Crippen LogP contribution in [-0.4, -0.2) is 18.6 Å². The lowest BCUT2D eigenvalue weighted by Crippen LogP contribution is -2.22. The lowest BCUT2D eigenvalue weighted by molar-refractivity contribution is 0.671. The van der Waals surface area contributed by atoms with Gasteiger partial charge in [0.2, 0.25) is 0 Å². The van der Waals surface area contributed by atoms with Crippen molar-refractivity contribution in [2.45, 2.75) is 33.4 Å². The largest absolute Gasteiger partial charge is 0.355 e. The van der Waals surface area contributed by atoms with Gasteiger partial charge in [0.25, 0.3) is 0 Å². The van der Waals surface area contributed by atoms with E-state index in [1.807, 2.05) is 12.3 Å². The molecule has 0 aliphatic heterocycles. The molecule has 1 aromatic carbocycles. The molecule has 0 radical (unpaired) electrons. The van der Waals surface area contributed by atoms with Crippen molar-refractivity contribution in [2.24, 2.45) is 0 Å². The van der Waals surface area contributed by atoms with Gasteiger partial charge in [0, 0.05) is 31.9 Å². The maximum absolute atomic E-state index is 4.57. The predicted octanol–water partition coefficient (Wildman–Crippen LogP) is 3.53. The van der Waals surface area contributed by atoms with Crippen molar-refractivity contribution in [1.29, 1.82) is 0 Å². The van der Waals surface area contributed by atoms with Crippen LogP contribution in [0.4, 0.5) is 5.82 Å². The molecule has 1 heterocycles. The number of aryl methyl sites for hydroxylation is 1. The van der Waals surface area contributed by atoms with Crippen molar-refractivity contribution in [1.82, 2.24) is 10.3 Å².